The lowest BCUT2D eigenvalue weighted by atomic mass is 9.63. The molecule has 14 heteroatoms. The van der Waals surface area contributed by atoms with Crippen molar-refractivity contribution >= 4 is 22.2 Å². The second-order valence-corrected chi connectivity index (χ2v) is 14.7. The molecule has 6 heterocycles. The number of likely N-dealkylation sites (tertiary alicyclic amines) is 1. The molecule has 8 rings (SSSR count). The van der Waals surface area contributed by atoms with E-state index in [9.17, 15) is 10.1 Å². The third-order valence-electron chi connectivity index (χ3n) is 10.7. The molecule has 0 aromatic carbocycles. The van der Waals surface area contributed by atoms with Gasteiger partial charge in [-0.1, -0.05) is 5.16 Å². The summed E-state index contributed by atoms with van der Waals surface area (Å²) in [4.78, 5) is 28.2. The Labute approximate surface area is 282 Å². The molecule has 0 bridgehead atoms. The Morgan fingerprint density at radius 2 is 2.06 bits per heavy atom. The molecular weight excluding hydrogens is 630 g/mol. The molecule has 2 aliphatic heterocycles. The van der Waals surface area contributed by atoms with E-state index in [4.69, 9.17) is 29.7 Å². The number of amides is 1. The number of aryl methyl sites for hydroxylation is 1. The van der Waals surface area contributed by atoms with Crippen LogP contribution >= 0.6 is 11.3 Å². The highest BCUT2D eigenvalue weighted by Gasteiger charge is 2.49. The summed E-state index contributed by atoms with van der Waals surface area (Å²) in [5.74, 6) is 1.82. The SMILES string of the molecule is C[C@H](Oc1cc(-n2ccc(C(=O)N(C)C3COC3)n2)nc(-c2noc3c2CCC[C@@]32CCCc3sc(N)c(C#N)c32)n1)[C@@H]1CCCN1C. The first-order valence-electron chi connectivity index (χ1n) is 16.8. The zero-order chi connectivity index (χ0) is 33.2. The molecular formula is C34H39N9O4S. The van der Waals surface area contributed by atoms with Crippen molar-refractivity contribution in [1.29, 1.82) is 5.26 Å². The lowest BCUT2D eigenvalue weighted by Crippen LogP contribution is -2.49. The number of rotatable bonds is 7. The van der Waals surface area contributed by atoms with Gasteiger partial charge in [0.2, 0.25) is 5.88 Å². The van der Waals surface area contributed by atoms with Crippen LogP contribution in [0, 0.1) is 11.3 Å². The fourth-order valence-electron chi connectivity index (χ4n) is 8.07. The fraction of sp³-hybridized carbons (Fsp3) is 0.529. The van der Waals surface area contributed by atoms with Crippen LogP contribution in [0.3, 0.4) is 0 Å². The van der Waals surface area contributed by atoms with E-state index >= 15 is 0 Å². The number of nitriles is 1. The van der Waals surface area contributed by atoms with Crippen molar-refractivity contribution in [3.8, 4) is 29.3 Å². The molecule has 0 radical (unpaired) electrons. The van der Waals surface area contributed by atoms with E-state index in [-0.39, 0.29) is 24.1 Å². The monoisotopic (exact) mass is 669 g/mol. The Morgan fingerprint density at radius 3 is 2.79 bits per heavy atom. The number of ether oxygens (including phenoxy) is 2. The lowest BCUT2D eigenvalue weighted by Gasteiger charge is -2.39. The number of nitrogens with zero attached hydrogens (tertiary/aromatic N) is 8. The van der Waals surface area contributed by atoms with Crippen LogP contribution in [-0.4, -0.2) is 92.7 Å². The molecule has 13 nitrogen and oxygen atoms in total. The molecule has 250 valence electrons. The van der Waals surface area contributed by atoms with Crippen LogP contribution in [0.15, 0.2) is 22.9 Å². The molecule has 4 aliphatic rings. The lowest BCUT2D eigenvalue weighted by molar-refractivity contribution is -0.0469. The highest BCUT2D eigenvalue weighted by Crippen LogP contribution is 2.55. The topological polar surface area (TPSA) is 161 Å². The van der Waals surface area contributed by atoms with E-state index in [1.54, 1.807) is 35.0 Å². The van der Waals surface area contributed by atoms with Gasteiger partial charge in [0.1, 0.15) is 17.2 Å². The van der Waals surface area contributed by atoms with E-state index in [1.807, 2.05) is 0 Å². The maximum absolute atomic E-state index is 13.2. The summed E-state index contributed by atoms with van der Waals surface area (Å²) in [5, 5.41) is 19.9. The largest absolute Gasteiger partial charge is 0.473 e. The van der Waals surface area contributed by atoms with Gasteiger partial charge in [-0.3, -0.25) is 9.69 Å². The fourth-order valence-corrected chi connectivity index (χ4v) is 9.23. The molecule has 1 amide bonds. The van der Waals surface area contributed by atoms with Crippen molar-refractivity contribution in [3.05, 3.63) is 51.4 Å². The number of thiophene rings is 1. The summed E-state index contributed by atoms with van der Waals surface area (Å²) in [6.45, 7) is 4.15. The van der Waals surface area contributed by atoms with Crippen LogP contribution in [0.5, 0.6) is 5.88 Å². The molecule has 4 aromatic rings. The summed E-state index contributed by atoms with van der Waals surface area (Å²) < 4.78 is 19.6. The molecule has 2 aliphatic carbocycles. The number of hydrogen-bond acceptors (Lipinski definition) is 12. The standard InChI is InChI=1S/C34H39N9O4S/c1-19(24-8-6-13-41(24)2)46-27-15-26(43-14-10-23(39-43)33(44)42(3)20-17-45-18-20)37-32(38-27)29-21-7-4-11-34(30(21)47-40-29)12-5-9-25-28(34)22(16-35)31(36)48-25/h10,14-15,19-20,24H,4-9,11-13,17-18,36H2,1-3H3/t19-,24-,34-/m0/s1. The Hall–Kier alpha value is -4.32. The van der Waals surface area contributed by atoms with Crippen molar-refractivity contribution in [1.82, 2.24) is 34.7 Å². The van der Waals surface area contributed by atoms with Crippen molar-refractivity contribution in [2.75, 3.05) is 39.6 Å². The first-order valence-corrected chi connectivity index (χ1v) is 17.6. The minimum atomic E-state index is -0.459. The molecule has 2 fully saturated rings. The summed E-state index contributed by atoms with van der Waals surface area (Å²) >= 11 is 1.52. The van der Waals surface area contributed by atoms with E-state index in [1.165, 1.54) is 16.2 Å². The minimum absolute atomic E-state index is 0.0418. The van der Waals surface area contributed by atoms with Gasteiger partial charge in [0.05, 0.1) is 30.2 Å². The van der Waals surface area contributed by atoms with Crippen LogP contribution in [0.1, 0.15) is 83.3 Å². The Balaban J connectivity index is 1.20. The minimum Gasteiger partial charge on any atom is -0.473 e. The first kappa shape index (κ1) is 31.0. The number of fused-ring (bicyclic) bond motifs is 4. The summed E-state index contributed by atoms with van der Waals surface area (Å²) in [7, 11) is 3.89. The number of hydrogen-bond donors (Lipinski definition) is 1. The zero-order valence-corrected chi connectivity index (χ0v) is 28.3. The third-order valence-corrected chi connectivity index (χ3v) is 11.8. The number of aromatic nitrogens is 5. The number of nitrogen functional groups attached to an aromatic ring is 1. The van der Waals surface area contributed by atoms with E-state index < -0.39 is 5.41 Å². The predicted octanol–water partition coefficient (Wildman–Crippen LogP) is 4.12. The number of carbonyl (C=O) groups excluding carboxylic acids is 1. The smallest absolute Gasteiger partial charge is 0.274 e. The Kier molecular flexibility index (Phi) is 7.73. The van der Waals surface area contributed by atoms with Crippen LogP contribution in [0.25, 0.3) is 17.3 Å². The summed E-state index contributed by atoms with van der Waals surface area (Å²) in [6.07, 6.45) is 9.03. The van der Waals surface area contributed by atoms with Gasteiger partial charge in [0, 0.05) is 35.8 Å². The van der Waals surface area contributed by atoms with Crippen LogP contribution in [0.2, 0.25) is 0 Å². The van der Waals surface area contributed by atoms with Gasteiger partial charge in [0.15, 0.2) is 28.8 Å². The Morgan fingerprint density at radius 1 is 1.25 bits per heavy atom. The molecule has 48 heavy (non-hydrogen) atoms. The van der Waals surface area contributed by atoms with Gasteiger partial charge in [-0.15, -0.1) is 11.3 Å². The predicted molar refractivity (Wildman–Crippen MR) is 177 cm³/mol. The molecule has 1 spiro atoms. The number of likely N-dealkylation sites (N-methyl/N-ethyl adjacent to an activating group) is 2. The average Bonchev–Trinajstić information content (AvgIpc) is 3.86. The van der Waals surface area contributed by atoms with Crippen LogP contribution in [-0.2, 0) is 23.0 Å². The van der Waals surface area contributed by atoms with Gasteiger partial charge in [-0.25, -0.2) is 9.67 Å². The normalized spacial score (nSPS) is 22.9. The van der Waals surface area contributed by atoms with Crippen molar-refractivity contribution in [2.45, 2.75) is 81.9 Å². The van der Waals surface area contributed by atoms with Gasteiger partial charge in [0.25, 0.3) is 5.91 Å². The number of anilines is 1. The van der Waals surface area contributed by atoms with Crippen LogP contribution in [0.4, 0.5) is 5.00 Å². The van der Waals surface area contributed by atoms with Gasteiger partial charge >= 0.3 is 0 Å². The second-order valence-electron chi connectivity index (χ2n) is 13.5. The first-order chi connectivity index (χ1) is 23.3. The average molecular weight is 670 g/mol. The van der Waals surface area contributed by atoms with Crippen molar-refractivity contribution < 1.29 is 18.8 Å². The second kappa shape index (κ2) is 12.0. The highest BCUT2D eigenvalue weighted by molar-refractivity contribution is 7.16. The quantitative estimate of drug-likeness (QED) is 0.301. The van der Waals surface area contributed by atoms with E-state index in [2.05, 4.69) is 35.2 Å². The van der Waals surface area contributed by atoms with E-state index in [0.717, 1.165) is 74.8 Å². The molecule has 0 saturated carbocycles. The molecule has 4 aromatic heterocycles. The van der Waals surface area contributed by atoms with Gasteiger partial charge < -0.3 is 24.6 Å². The van der Waals surface area contributed by atoms with Crippen molar-refractivity contribution in [2.24, 2.45) is 0 Å². The maximum atomic E-state index is 13.2. The molecule has 0 unspecified atom stereocenters. The summed E-state index contributed by atoms with van der Waals surface area (Å²) in [6, 6.07) is 6.14. The number of carbonyl (C=O) groups is 1. The van der Waals surface area contributed by atoms with Gasteiger partial charge in [-0.05, 0) is 83.5 Å². The highest BCUT2D eigenvalue weighted by atomic mass is 32.1. The summed E-state index contributed by atoms with van der Waals surface area (Å²) in [5.41, 5.74) is 9.31. The molecule has 2 N–H and O–H groups in total. The van der Waals surface area contributed by atoms with Gasteiger partial charge in [-0.2, -0.15) is 15.3 Å². The zero-order valence-electron chi connectivity index (χ0n) is 27.4. The number of nitrogens with two attached hydrogens (primary N) is 1. The molecule has 2 saturated heterocycles. The Bertz CT molecular complexity index is 1920. The van der Waals surface area contributed by atoms with E-state index in [0.29, 0.717) is 52.7 Å². The third kappa shape index (κ3) is 4.98. The molecule has 3 atom stereocenters. The van der Waals surface area contributed by atoms with Crippen molar-refractivity contribution in [3.63, 3.8) is 0 Å². The maximum Gasteiger partial charge on any atom is 0.274 e. The van der Waals surface area contributed by atoms with Crippen LogP contribution < -0.4 is 10.5 Å².